The van der Waals surface area contributed by atoms with E-state index < -0.39 is 0 Å². The minimum absolute atomic E-state index is 0.129. The molecule has 0 aliphatic carbocycles. The van der Waals surface area contributed by atoms with Crippen molar-refractivity contribution in [2.45, 2.75) is 13.3 Å². The highest BCUT2D eigenvalue weighted by Gasteiger charge is 2.32. The molecule has 6 aromatic rings. The molecule has 0 bridgehead atoms. The van der Waals surface area contributed by atoms with Gasteiger partial charge >= 0.3 is 6.09 Å². The number of phenolic OH excluding ortho intramolecular Hbond substituents is 1. The maximum absolute atomic E-state index is 14.0. The van der Waals surface area contributed by atoms with Crippen molar-refractivity contribution in [3.63, 3.8) is 0 Å². The van der Waals surface area contributed by atoms with Crippen molar-refractivity contribution in [3.8, 4) is 11.5 Å². The second-order valence-electron chi connectivity index (χ2n) is 12.3. The van der Waals surface area contributed by atoms with E-state index in [0.717, 1.165) is 61.8 Å². The van der Waals surface area contributed by atoms with Gasteiger partial charge in [0, 0.05) is 71.7 Å². The van der Waals surface area contributed by atoms with Crippen LogP contribution in [0.5, 0.6) is 11.5 Å². The van der Waals surface area contributed by atoms with Crippen LogP contribution in [0.25, 0.3) is 31.9 Å². The van der Waals surface area contributed by atoms with E-state index >= 15 is 0 Å². The van der Waals surface area contributed by atoms with Crippen molar-refractivity contribution in [2.75, 3.05) is 50.0 Å². The SMILES string of the molecule is Cc1csc2c(OC(=O)N3CCN(C)CC3)cc3c(c12)CCN3C(=O)c1cc2cc(NC(=O)c3cc4cc(O)ccc4[nH]3)ccc2[nH]1. The minimum atomic E-state index is -0.372. The van der Waals surface area contributed by atoms with Crippen molar-refractivity contribution in [3.05, 3.63) is 82.5 Å². The number of aryl methyl sites for hydroxylation is 1. The van der Waals surface area contributed by atoms with Crippen LogP contribution in [0.4, 0.5) is 16.2 Å². The van der Waals surface area contributed by atoms with Crippen LogP contribution in [0, 0.1) is 6.92 Å². The number of hydrogen-bond acceptors (Lipinski definition) is 7. The monoisotopic (exact) mass is 648 g/mol. The number of hydrogen-bond donors (Lipinski definition) is 4. The molecule has 3 aromatic carbocycles. The van der Waals surface area contributed by atoms with Crippen LogP contribution < -0.4 is 15.0 Å². The lowest BCUT2D eigenvalue weighted by atomic mass is 10.0. The number of aromatic nitrogens is 2. The van der Waals surface area contributed by atoms with Crippen molar-refractivity contribution < 1.29 is 24.2 Å². The first-order valence-corrected chi connectivity index (χ1v) is 16.4. The number of carbonyl (C=O) groups is 3. The third-order valence-corrected chi connectivity index (χ3v) is 10.2. The number of carbonyl (C=O) groups excluding carboxylic acids is 3. The smallest absolute Gasteiger partial charge is 0.415 e. The maximum Gasteiger partial charge on any atom is 0.415 e. The average Bonchev–Trinajstić information content (AvgIpc) is 3.85. The molecule has 3 aromatic heterocycles. The molecule has 8 rings (SSSR count). The summed E-state index contributed by atoms with van der Waals surface area (Å²) >= 11 is 1.55. The molecule has 0 atom stereocenters. The lowest BCUT2D eigenvalue weighted by molar-refractivity contribution is 0.0983. The fourth-order valence-electron chi connectivity index (χ4n) is 6.59. The average molecular weight is 649 g/mol. The van der Waals surface area contributed by atoms with Crippen LogP contribution in [0.1, 0.15) is 32.1 Å². The van der Waals surface area contributed by atoms with E-state index in [9.17, 15) is 19.5 Å². The van der Waals surface area contributed by atoms with Gasteiger partial charge in [-0.15, -0.1) is 11.3 Å². The lowest BCUT2D eigenvalue weighted by Gasteiger charge is -2.31. The number of nitrogens with zero attached hydrogens (tertiary/aromatic N) is 3. The van der Waals surface area contributed by atoms with Gasteiger partial charge in [0.2, 0.25) is 0 Å². The van der Waals surface area contributed by atoms with E-state index in [1.54, 1.807) is 57.5 Å². The van der Waals surface area contributed by atoms with E-state index in [1.165, 1.54) is 0 Å². The Hall–Kier alpha value is -5.33. The third-order valence-electron chi connectivity index (χ3n) is 9.12. The highest BCUT2D eigenvalue weighted by atomic mass is 32.1. The molecule has 0 unspecified atom stereocenters. The summed E-state index contributed by atoms with van der Waals surface area (Å²) in [5.74, 6) is 0.100. The van der Waals surface area contributed by atoms with Crippen LogP contribution >= 0.6 is 11.3 Å². The summed E-state index contributed by atoms with van der Waals surface area (Å²) in [6.45, 7) is 5.36. The Bertz CT molecular complexity index is 2240. The number of piperazine rings is 1. The molecular formula is C35H32N6O5S. The van der Waals surface area contributed by atoms with Gasteiger partial charge < -0.3 is 39.8 Å². The summed E-state index contributed by atoms with van der Waals surface area (Å²) in [6, 6.07) is 15.6. The van der Waals surface area contributed by atoms with Gasteiger partial charge in [-0.1, -0.05) is 0 Å². The molecular weight excluding hydrogens is 616 g/mol. The molecule has 1 saturated heterocycles. The first kappa shape index (κ1) is 29.1. The third kappa shape index (κ3) is 5.15. The van der Waals surface area contributed by atoms with E-state index in [0.29, 0.717) is 48.9 Å². The first-order valence-electron chi connectivity index (χ1n) is 15.5. The molecule has 5 heterocycles. The number of thiophene rings is 1. The Morgan fingerprint density at radius 3 is 2.43 bits per heavy atom. The summed E-state index contributed by atoms with van der Waals surface area (Å²) in [5.41, 5.74) is 5.81. The van der Waals surface area contributed by atoms with Gasteiger partial charge in [-0.05, 0) is 85.4 Å². The molecule has 11 nitrogen and oxygen atoms in total. The van der Waals surface area contributed by atoms with Gasteiger partial charge in [-0.2, -0.15) is 0 Å². The van der Waals surface area contributed by atoms with E-state index in [2.05, 4.69) is 25.6 Å². The minimum Gasteiger partial charge on any atom is -0.508 e. The zero-order valence-electron chi connectivity index (χ0n) is 25.8. The zero-order chi connectivity index (χ0) is 32.4. The molecule has 4 N–H and O–H groups in total. The number of rotatable bonds is 4. The highest BCUT2D eigenvalue weighted by molar-refractivity contribution is 7.17. The van der Waals surface area contributed by atoms with Gasteiger partial charge in [0.1, 0.15) is 17.1 Å². The normalized spacial score (nSPS) is 15.1. The Morgan fingerprint density at radius 1 is 0.894 bits per heavy atom. The molecule has 47 heavy (non-hydrogen) atoms. The second-order valence-corrected chi connectivity index (χ2v) is 13.1. The molecule has 0 radical (unpaired) electrons. The largest absolute Gasteiger partial charge is 0.508 e. The number of fused-ring (bicyclic) bond motifs is 5. The van der Waals surface area contributed by atoms with Crippen LogP contribution in [0.15, 0.2) is 60.0 Å². The van der Waals surface area contributed by atoms with Gasteiger partial charge in [0.15, 0.2) is 5.75 Å². The number of likely N-dealkylation sites (N-methyl/N-ethyl adjacent to an activating group) is 1. The topological polar surface area (TPSA) is 134 Å². The van der Waals surface area contributed by atoms with Gasteiger partial charge in [-0.3, -0.25) is 9.59 Å². The van der Waals surface area contributed by atoms with Crippen molar-refractivity contribution in [1.82, 2.24) is 19.8 Å². The number of benzene rings is 3. The zero-order valence-corrected chi connectivity index (χ0v) is 26.7. The Kier molecular flexibility index (Phi) is 6.92. The molecule has 2 aliphatic rings. The van der Waals surface area contributed by atoms with Gasteiger partial charge in [0.05, 0.1) is 10.4 Å². The number of aromatic hydroxyl groups is 1. The number of anilines is 2. The fraction of sp³-hybridized carbons (Fsp3) is 0.229. The predicted molar refractivity (Wildman–Crippen MR) is 183 cm³/mol. The number of amides is 3. The number of ether oxygens (including phenoxy) is 1. The Morgan fingerprint density at radius 2 is 1.62 bits per heavy atom. The first-order chi connectivity index (χ1) is 22.7. The summed E-state index contributed by atoms with van der Waals surface area (Å²) in [7, 11) is 2.04. The summed E-state index contributed by atoms with van der Waals surface area (Å²) in [4.78, 5) is 52.1. The molecule has 3 amide bonds. The quantitative estimate of drug-likeness (QED) is 0.183. The maximum atomic E-state index is 14.0. The van der Waals surface area contributed by atoms with Crippen LogP contribution in [-0.4, -0.2) is 82.6 Å². The van der Waals surface area contributed by atoms with Gasteiger partial charge in [-0.25, -0.2) is 4.79 Å². The summed E-state index contributed by atoms with van der Waals surface area (Å²) < 4.78 is 6.93. The standard InChI is InChI=1S/C35H32N6O5S/c1-19-18-47-32-30(46-35(45)40-11-9-39(2)10-12-40)17-29-24(31(19)32)7-8-41(29)34(44)28-16-20-13-22(3-5-25(20)38-28)36-33(43)27-15-21-14-23(42)4-6-26(21)37-27/h3-6,13-18,37-38,42H,7-12H2,1-2H3,(H,36,43). The second kappa shape index (κ2) is 11.2. The van der Waals surface area contributed by atoms with Crippen LogP contribution in [-0.2, 0) is 6.42 Å². The van der Waals surface area contributed by atoms with Crippen LogP contribution in [0.3, 0.4) is 0 Å². The Balaban J connectivity index is 1.05. The fourth-order valence-corrected chi connectivity index (χ4v) is 7.62. The number of H-pyrrole nitrogens is 2. The van der Waals surface area contributed by atoms with Crippen molar-refractivity contribution in [2.24, 2.45) is 0 Å². The molecule has 2 aliphatic heterocycles. The lowest BCUT2D eigenvalue weighted by Crippen LogP contribution is -2.48. The predicted octanol–water partition coefficient (Wildman–Crippen LogP) is 6.08. The molecule has 1 fully saturated rings. The Labute approximate surface area is 273 Å². The van der Waals surface area contributed by atoms with Gasteiger partial charge in [0.25, 0.3) is 11.8 Å². The van der Waals surface area contributed by atoms with Crippen LogP contribution in [0.2, 0.25) is 0 Å². The van der Waals surface area contributed by atoms with E-state index in [-0.39, 0.29) is 23.7 Å². The van der Waals surface area contributed by atoms with E-state index in [4.69, 9.17) is 4.74 Å². The summed E-state index contributed by atoms with van der Waals surface area (Å²) in [5, 5.41) is 17.3. The number of nitrogens with one attached hydrogen (secondary N) is 3. The molecule has 0 saturated carbocycles. The highest BCUT2D eigenvalue weighted by Crippen LogP contribution is 2.45. The van der Waals surface area contributed by atoms with E-state index in [1.807, 2.05) is 32.2 Å². The molecule has 12 heteroatoms. The number of phenols is 1. The molecule has 238 valence electrons. The number of aromatic amines is 2. The summed E-state index contributed by atoms with van der Waals surface area (Å²) in [6.07, 6.45) is 0.328. The van der Waals surface area contributed by atoms with Crippen molar-refractivity contribution in [1.29, 1.82) is 0 Å². The van der Waals surface area contributed by atoms with Crippen molar-refractivity contribution >= 4 is 72.5 Å². The molecule has 0 spiro atoms.